The summed E-state index contributed by atoms with van der Waals surface area (Å²) in [6.07, 6.45) is -0.414. The zero-order valence-electron chi connectivity index (χ0n) is 13.9. The Morgan fingerprint density at radius 1 is 1.27 bits per heavy atom. The SMILES string of the molecule is Nc1ncnc2c1nc(OCc1ccccc1)n2C1CC(O)C(CO)O1. The van der Waals surface area contributed by atoms with Gasteiger partial charge in [0.05, 0.1) is 12.7 Å². The molecule has 136 valence electrons. The molecular formula is C17H19N5O4. The van der Waals surface area contributed by atoms with E-state index in [1.807, 2.05) is 30.3 Å². The van der Waals surface area contributed by atoms with Crippen molar-refractivity contribution in [2.75, 3.05) is 12.3 Å². The van der Waals surface area contributed by atoms with E-state index in [9.17, 15) is 10.2 Å². The van der Waals surface area contributed by atoms with Gasteiger partial charge in [0.2, 0.25) is 0 Å². The van der Waals surface area contributed by atoms with Crippen LogP contribution in [0.5, 0.6) is 6.01 Å². The van der Waals surface area contributed by atoms with Gasteiger partial charge in [0.15, 0.2) is 17.0 Å². The number of fused-ring (bicyclic) bond motifs is 1. The number of hydrogen-bond donors (Lipinski definition) is 3. The Morgan fingerprint density at radius 2 is 2.08 bits per heavy atom. The molecule has 0 radical (unpaired) electrons. The van der Waals surface area contributed by atoms with Gasteiger partial charge in [-0.25, -0.2) is 9.97 Å². The molecule has 4 N–H and O–H groups in total. The lowest BCUT2D eigenvalue weighted by Crippen LogP contribution is -2.24. The van der Waals surface area contributed by atoms with Gasteiger partial charge in [-0.2, -0.15) is 4.98 Å². The van der Waals surface area contributed by atoms with Crippen LogP contribution in [0.3, 0.4) is 0 Å². The maximum atomic E-state index is 10.1. The van der Waals surface area contributed by atoms with E-state index in [-0.39, 0.29) is 24.9 Å². The van der Waals surface area contributed by atoms with E-state index in [0.29, 0.717) is 17.8 Å². The Hall–Kier alpha value is -2.75. The molecule has 4 rings (SSSR count). The van der Waals surface area contributed by atoms with Gasteiger partial charge < -0.3 is 25.4 Å². The molecule has 3 unspecified atom stereocenters. The predicted octanol–water partition coefficient (Wildman–Crippen LogP) is 0.628. The van der Waals surface area contributed by atoms with E-state index in [1.54, 1.807) is 4.57 Å². The molecule has 0 aliphatic carbocycles. The average Bonchev–Trinajstić information content (AvgIpc) is 3.21. The second-order valence-electron chi connectivity index (χ2n) is 6.08. The van der Waals surface area contributed by atoms with E-state index in [0.717, 1.165) is 5.56 Å². The van der Waals surface area contributed by atoms with Crippen LogP contribution in [0.1, 0.15) is 18.2 Å². The van der Waals surface area contributed by atoms with Crippen LogP contribution in [0, 0.1) is 0 Å². The highest BCUT2D eigenvalue weighted by molar-refractivity contribution is 5.82. The van der Waals surface area contributed by atoms with Crippen LogP contribution >= 0.6 is 0 Å². The minimum Gasteiger partial charge on any atom is -0.460 e. The number of rotatable bonds is 5. The van der Waals surface area contributed by atoms with E-state index >= 15 is 0 Å². The summed E-state index contributed by atoms with van der Waals surface area (Å²) in [6.45, 7) is 0.0256. The van der Waals surface area contributed by atoms with Crippen LogP contribution < -0.4 is 10.5 Å². The molecule has 3 aromatic rings. The summed E-state index contributed by atoms with van der Waals surface area (Å²) in [6, 6.07) is 9.93. The summed E-state index contributed by atoms with van der Waals surface area (Å²) in [5, 5.41) is 19.4. The molecule has 2 aromatic heterocycles. The molecule has 1 aliphatic heterocycles. The Labute approximate surface area is 149 Å². The molecule has 0 spiro atoms. The van der Waals surface area contributed by atoms with Crippen molar-refractivity contribution >= 4 is 17.0 Å². The van der Waals surface area contributed by atoms with E-state index in [1.165, 1.54) is 6.33 Å². The van der Waals surface area contributed by atoms with Crippen LogP contribution in [0.2, 0.25) is 0 Å². The van der Waals surface area contributed by atoms with Crippen LogP contribution in [-0.4, -0.2) is 48.5 Å². The van der Waals surface area contributed by atoms with Crippen molar-refractivity contribution in [3.05, 3.63) is 42.2 Å². The quantitative estimate of drug-likeness (QED) is 0.606. The molecule has 1 fully saturated rings. The zero-order chi connectivity index (χ0) is 18.1. The van der Waals surface area contributed by atoms with Gasteiger partial charge in [0, 0.05) is 6.42 Å². The Kier molecular flexibility index (Phi) is 4.41. The lowest BCUT2D eigenvalue weighted by Gasteiger charge is -2.16. The zero-order valence-corrected chi connectivity index (χ0v) is 13.9. The lowest BCUT2D eigenvalue weighted by molar-refractivity contribution is -0.0456. The maximum Gasteiger partial charge on any atom is 0.301 e. The Balaban J connectivity index is 1.71. The smallest absolute Gasteiger partial charge is 0.301 e. The van der Waals surface area contributed by atoms with Crippen molar-refractivity contribution < 1.29 is 19.7 Å². The third kappa shape index (κ3) is 2.96. The summed E-state index contributed by atoms with van der Waals surface area (Å²) in [7, 11) is 0. The topological polar surface area (TPSA) is 129 Å². The minimum absolute atomic E-state index is 0.232. The van der Waals surface area contributed by atoms with Crippen molar-refractivity contribution in [3.8, 4) is 6.01 Å². The fourth-order valence-electron chi connectivity index (χ4n) is 3.03. The summed E-state index contributed by atoms with van der Waals surface area (Å²) in [4.78, 5) is 12.6. The van der Waals surface area contributed by atoms with Gasteiger partial charge in [-0.15, -0.1) is 0 Å². The molecule has 0 bridgehead atoms. The van der Waals surface area contributed by atoms with Crippen molar-refractivity contribution in [1.82, 2.24) is 19.5 Å². The second-order valence-corrected chi connectivity index (χ2v) is 6.08. The molecule has 1 aromatic carbocycles. The largest absolute Gasteiger partial charge is 0.460 e. The molecule has 0 saturated carbocycles. The highest BCUT2D eigenvalue weighted by Crippen LogP contribution is 2.35. The maximum absolute atomic E-state index is 10.1. The number of imidazole rings is 1. The van der Waals surface area contributed by atoms with Crippen molar-refractivity contribution in [1.29, 1.82) is 0 Å². The number of ether oxygens (including phenoxy) is 2. The number of hydrogen-bond acceptors (Lipinski definition) is 8. The number of anilines is 1. The highest BCUT2D eigenvalue weighted by Gasteiger charge is 2.37. The number of nitrogen functional groups attached to an aromatic ring is 1. The van der Waals surface area contributed by atoms with Crippen LogP contribution in [-0.2, 0) is 11.3 Å². The third-order valence-corrected chi connectivity index (χ3v) is 4.36. The fraction of sp³-hybridized carbons (Fsp3) is 0.353. The average molecular weight is 357 g/mol. The molecule has 3 heterocycles. The first-order chi connectivity index (χ1) is 12.7. The molecule has 3 atom stereocenters. The summed E-state index contributed by atoms with van der Waals surface area (Å²) >= 11 is 0. The Morgan fingerprint density at radius 3 is 2.81 bits per heavy atom. The van der Waals surface area contributed by atoms with Crippen LogP contribution in [0.15, 0.2) is 36.7 Å². The number of aliphatic hydroxyl groups excluding tert-OH is 2. The third-order valence-electron chi connectivity index (χ3n) is 4.36. The van der Waals surface area contributed by atoms with Crippen molar-refractivity contribution in [2.24, 2.45) is 0 Å². The molecular weight excluding hydrogens is 338 g/mol. The van der Waals surface area contributed by atoms with Crippen molar-refractivity contribution in [3.63, 3.8) is 0 Å². The second kappa shape index (κ2) is 6.87. The molecule has 1 aliphatic rings. The summed E-state index contributed by atoms with van der Waals surface area (Å²) < 4.78 is 13.3. The van der Waals surface area contributed by atoms with Gasteiger partial charge in [-0.3, -0.25) is 4.57 Å². The van der Waals surface area contributed by atoms with Crippen LogP contribution in [0.4, 0.5) is 5.82 Å². The summed E-state index contributed by atoms with van der Waals surface area (Å²) in [5.41, 5.74) is 7.75. The number of nitrogens with two attached hydrogens (primary N) is 1. The standard InChI is InChI=1S/C17H19N5O4/c18-15-14-16(20-9-19-15)22(13-6-11(24)12(7-23)26-13)17(21-14)25-8-10-4-2-1-3-5-10/h1-5,9,11-13,23-24H,6-8H2,(H2,18,19,20). The number of nitrogens with zero attached hydrogens (tertiary/aromatic N) is 4. The predicted molar refractivity (Wildman–Crippen MR) is 92.1 cm³/mol. The number of benzene rings is 1. The number of aromatic nitrogens is 4. The van der Waals surface area contributed by atoms with Gasteiger partial charge in [0.1, 0.15) is 25.3 Å². The van der Waals surface area contributed by atoms with Gasteiger partial charge in [0.25, 0.3) is 0 Å². The van der Waals surface area contributed by atoms with E-state index in [4.69, 9.17) is 15.2 Å². The molecule has 9 nitrogen and oxygen atoms in total. The normalized spacial score (nSPS) is 22.8. The van der Waals surface area contributed by atoms with Crippen molar-refractivity contribution in [2.45, 2.75) is 31.5 Å². The monoisotopic (exact) mass is 357 g/mol. The van der Waals surface area contributed by atoms with Crippen LogP contribution in [0.25, 0.3) is 11.2 Å². The minimum atomic E-state index is -0.788. The highest BCUT2D eigenvalue weighted by atomic mass is 16.6. The first-order valence-corrected chi connectivity index (χ1v) is 8.27. The van der Waals surface area contributed by atoms with E-state index < -0.39 is 18.4 Å². The first-order valence-electron chi connectivity index (χ1n) is 8.27. The summed E-state index contributed by atoms with van der Waals surface area (Å²) in [5.74, 6) is 0.232. The molecule has 1 saturated heterocycles. The Bertz CT molecular complexity index is 901. The molecule has 0 amide bonds. The lowest BCUT2D eigenvalue weighted by atomic mass is 10.2. The van der Waals surface area contributed by atoms with Gasteiger partial charge >= 0.3 is 6.01 Å². The molecule has 9 heteroatoms. The van der Waals surface area contributed by atoms with E-state index in [2.05, 4.69) is 15.0 Å². The van der Waals surface area contributed by atoms with Gasteiger partial charge in [-0.05, 0) is 5.56 Å². The first kappa shape index (κ1) is 16.7. The number of aliphatic hydroxyl groups is 2. The fourth-order valence-corrected chi connectivity index (χ4v) is 3.03. The molecule has 26 heavy (non-hydrogen) atoms. The van der Waals surface area contributed by atoms with Gasteiger partial charge in [-0.1, -0.05) is 30.3 Å².